The van der Waals surface area contributed by atoms with Gasteiger partial charge < -0.3 is 19.5 Å². The molecule has 8 nitrogen and oxygen atoms in total. The van der Waals surface area contributed by atoms with Crippen LogP contribution in [0.4, 0.5) is 5.69 Å². The number of anilines is 1. The third-order valence-electron chi connectivity index (χ3n) is 5.15. The molecule has 32 heavy (non-hydrogen) atoms. The van der Waals surface area contributed by atoms with Gasteiger partial charge >= 0.3 is 0 Å². The Kier molecular flexibility index (Phi) is 5.93. The maximum atomic E-state index is 13.4. The molecule has 0 atom stereocenters. The minimum atomic E-state index is -0.292. The minimum Gasteiger partial charge on any atom is -0.493 e. The van der Waals surface area contributed by atoms with E-state index in [2.05, 4.69) is 10.4 Å². The molecule has 164 valence electrons. The van der Waals surface area contributed by atoms with Crippen molar-refractivity contribution in [3.8, 4) is 28.5 Å². The number of hydrogen-bond donors (Lipinski definition) is 1. The zero-order valence-electron chi connectivity index (χ0n) is 18.4. The molecule has 1 N–H and O–H groups in total. The van der Waals surface area contributed by atoms with Crippen LogP contribution in [0.5, 0.6) is 17.2 Å². The number of nitrogens with zero attached hydrogens (tertiary/aromatic N) is 3. The van der Waals surface area contributed by atoms with E-state index in [0.29, 0.717) is 51.8 Å². The molecular formula is C24H24N4O4. The molecule has 0 unspecified atom stereocenters. The summed E-state index contributed by atoms with van der Waals surface area (Å²) in [5, 5.41) is 8.01. The first-order valence-corrected chi connectivity index (χ1v) is 10.1. The number of methoxy groups -OCH3 is 3. The number of rotatable bonds is 7. The van der Waals surface area contributed by atoms with Crippen molar-refractivity contribution in [3.63, 3.8) is 0 Å². The first-order valence-electron chi connectivity index (χ1n) is 10.1. The van der Waals surface area contributed by atoms with Crippen molar-refractivity contribution in [2.24, 2.45) is 0 Å². The highest BCUT2D eigenvalue weighted by Crippen LogP contribution is 2.40. The van der Waals surface area contributed by atoms with E-state index in [9.17, 15) is 4.79 Å². The third-order valence-corrected chi connectivity index (χ3v) is 5.15. The van der Waals surface area contributed by atoms with E-state index < -0.39 is 0 Å². The van der Waals surface area contributed by atoms with Crippen molar-refractivity contribution in [2.45, 2.75) is 13.5 Å². The Morgan fingerprint density at radius 3 is 2.28 bits per heavy atom. The molecule has 0 saturated heterocycles. The van der Waals surface area contributed by atoms with E-state index in [0.717, 1.165) is 5.56 Å². The minimum absolute atomic E-state index is 0.292. The van der Waals surface area contributed by atoms with E-state index >= 15 is 0 Å². The lowest BCUT2D eigenvalue weighted by molar-refractivity contribution is 0.102. The van der Waals surface area contributed by atoms with Gasteiger partial charge in [0.15, 0.2) is 17.1 Å². The molecule has 4 aromatic rings. The molecule has 2 aromatic carbocycles. The van der Waals surface area contributed by atoms with Crippen LogP contribution >= 0.6 is 0 Å². The SMILES string of the molecule is CCn1ncc2c(C(=O)Nc3cc(OC)c(OC)c(OC)c3)cc(-c3ccccc3)nc21. The predicted molar refractivity (Wildman–Crippen MR) is 123 cm³/mol. The summed E-state index contributed by atoms with van der Waals surface area (Å²) >= 11 is 0. The smallest absolute Gasteiger partial charge is 0.256 e. The number of ether oxygens (including phenoxy) is 3. The molecule has 0 saturated carbocycles. The average Bonchev–Trinajstić information content (AvgIpc) is 3.26. The first-order chi connectivity index (χ1) is 15.6. The van der Waals surface area contributed by atoms with Gasteiger partial charge in [-0.3, -0.25) is 4.79 Å². The van der Waals surface area contributed by atoms with Crippen molar-refractivity contribution >= 4 is 22.6 Å². The molecule has 0 spiro atoms. The molecular weight excluding hydrogens is 408 g/mol. The van der Waals surface area contributed by atoms with Gasteiger partial charge in [-0.05, 0) is 13.0 Å². The highest BCUT2D eigenvalue weighted by molar-refractivity contribution is 6.12. The lowest BCUT2D eigenvalue weighted by Crippen LogP contribution is -2.13. The maximum absolute atomic E-state index is 13.4. The summed E-state index contributed by atoms with van der Waals surface area (Å²) in [4.78, 5) is 18.1. The average molecular weight is 432 g/mol. The second-order valence-electron chi connectivity index (χ2n) is 6.99. The van der Waals surface area contributed by atoms with Crippen LogP contribution in [0.3, 0.4) is 0 Å². The van der Waals surface area contributed by atoms with E-state index in [1.165, 1.54) is 21.3 Å². The fourth-order valence-corrected chi connectivity index (χ4v) is 3.58. The van der Waals surface area contributed by atoms with Gasteiger partial charge in [-0.1, -0.05) is 30.3 Å². The summed E-state index contributed by atoms with van der Waals surface area (Å²) in [6, 6.07) is 14.9. The van der Waals surface area contributed by atoms with Gasteiger partial charge in [0.2, 0.25) is 5.75 Å². The lowest BCUT2D eigenvalue weighted by atomic mass is 10.1. The van der Waals surface area contributed by atoms with Gasteiger partial charge in [0.05, 0.1) is 44.2 Å². The molecule has 0 aliphatic rings. The molecule has 4 rings (SSSR count). The monoisotopic (exact) mass is 432 g/mol. The number of benzene rings is 2. The number of carbonyl (C=O) groups excluding carboxylic acids is 1. The second kappa shape index (κ2) is 8.97. The molecule has 0 radical (unpaired) electrons. The Bertz CT molecular complexity index is 1240. The molecule has 0 bridgehead atoms. The van der Waals surface area contributed by atoms with Crippen molar-refractivity contribution in [3.05, 3.63) is 60.3 Å². The molecule has 0 aliphatic carbocycles. The number of fused-ring (bicyclic) bond motifs is 1. The number of hydrogen-bond acceptors (Lipinski definition) is 6. The Hall–Kier alpha value is -4.07. The summed E-state index contributed by atoms with van der Waals surface area (Å²) < 4.78 is 17.9. The highest BCUT2D eigenvalue weighted by Gasteiger charge is 2.19. The number of aryl methyl sites for hydroxylation is 1. The number of aromatic nitrogens is 3. The summed E-state index contributed by atoms with van der Waals surface area (Å²) in [5.74, 6) is 1.06. The third kappa shape index (κ3) is 3.82. The molecule has 2 heterocycles. The van der Waals surface area contributed by atoms with Crippen molar-refractivity contribution in [2.75, 3.05) is 26.6 Å². The van der Waals surface area contributed by atoms with Crippen LogP contribution in [0.15, 0.2) is 54.7 Å². The van der Waals surface area contributed by atoms with E-state index in [4.69, 9.17) is 19.2 Å². The summed E-state index contributed by atoms with van der Waals surface area (Å²) in [7, 11) is 4.59. The number of nitrogens with one attached hydrogen (secondary N) is 1. The van der Waals surface area contributed by atoms with Crippen LogP contribution in [-0.2, 0) is 6.54 Å². The van der Waals surface area contributed by atoms with Gasteiger partial charge in [0.1, 0.15) is 0 Å². The molecule has 2 aromatic heterocycles. The maximum Gasteiger partial charge on any atom is 0.256 e. The van der Waals surface area contributed by atoms with Gasteiger partial charge in [-0.15, -0.1) is 0 Å². The van der Waals surface area contributed by atoms with Gasteiger partial charge in [0.25, 0.3) is 5.91 Å². The summed E-state index contributed by atoms with van der Waals surface area (Å²) in [6.07, 6.45) is 1.67. The van der Waals surface area contributed by atoms with Crippen LogP contribution in [0.25, 0.3) is 22.3 Å². The van der Waals surface area contributed by atoms with Gasteiger partial charge in [-0.2, -0.15) is 5.10 Å². The van der Waals surface area contributed by atoms with Crippen molar-refractivity contribution in [1.29, 1.82) is 0 Å². The van der Waals surface area contributed by atoms with Crippen molar-refractivity contribution < 1.29 is 19.0 Å². The normalized spacial score (nSPS) is 10.8. The number of pyridine rings is 1. The fourth-order valence-electron chi connectivity index (χ4n) is 3.58. The molecule has 1 amide bonds. The highest BCUT2D eigenvalue weighted by atomic mass is 16.5. The Morgan fingerprint density at radius 1 is 1.00 bits per heavy atom. The largest absolute Gasteiger partial charge is 0.493 e. The Labute approximate surface area is 185 Å². The molecule has 0 aliphatic heterocycles. The second-order valence-corrected chi connectivity index (χ2v) is 6.99. The number of carbonyl (C=O) groups is 1. The van der Waals surface area contributed by atoms with E-state index in [-0.39, 0.29) is 5.91 Å². The number of amides is 1. The zero-order chi connectivity index (χ0) is 22.7. The van der Waals surface area contributed by atoms with E-state index in [1.54, 1.807) is 29.1 Å². The summed E-state index contributed by atoms with van der Waals surface area (Å²) in [6.45, 7) is 2.63. The Morgan fingerprint density at radius 2 is 1.69 bits per heavy atom. The first kappa shape index (κ1) is 21.2. The lowest BCUT2D eigenvalue weighted by Gasteiger charge is -2.15. The predicted octanol–water partition coefficient (Wildman–Crippen LogP) is 4.40. The van der Waals surface area contributed by atoms with Gasteiger partial charge in [0, 0.05) is 29.9 Å². The van der Waals surface area contributed by atoms with Gasteiger partial charge in [-0.25, -0.2) is 9.67 Å². The van der Waals surface area contributed by atoms with Crippen LogP contribution in [0, 0.1) is 0 Å². The van der Waals surface area contributed by atoms with E-state index in [1.807, 2.05) is 37.3 Å². The van der Waals surface area contributed by atoms with Crippen LogP contribution < -0.4 is 19.5 Å². The quantitative estimate of drug-likeness (QED) is 0.466. The topological polar surface area (TPSA) is 87.5 Å². The standard InChI is InChI=1S/C24H24N4O4/c1-5-28-23-18(14-25-28)17(13-19(27-23)15-9-7-6-8-10-15)24(29)26-16-11-20(30-2)22(32-4)21(12-16)31-3/h6-14H,5H2,1-4H3,(H,26,29). The zero-order valence-corrected chi connectivity index (χ0v) is 18.4. The van der Waals surface area contributed by atoms with Crippen molar-refractivity contribution in [1.82, 2.24) is 14.8 Å². The molecule has 0 fully saturated rings. The van der Waals surface area contributed by atoms with Crippen LogP contribution in [0.2, 0.25) is 0 Å². The van der Waals surface area contributed by atoms with Crippen LogP contribution in [0.1, 0.15) is 17.3 Å². The summed E-state index contributed by atoms with van der Waals surface area (Å²) in [5.41, 5.74) is 3.26. The Balaban J connectivity index is 1.79. The molecule has 8 heteroatoms. The fraction of sp³-hybridized carbons (Fsp3) is 0.208. The van der Waals surface area contributed by atoms with Crippen LogP contribution in [-0.4, -0.2) is 42.0 Å².